The molecular weight excluding hydrogens is 448 g/mol. The summed E-state index contributed by atoms with van der Waals surface area (Å²) in [5.74, 6) is 0. The molecule has 37 heavy (non-hydrogen) atoms. The van der Waals surface area contributed by atoms with Crippen LogP contribution in [-0.4, -0.2) is 12.4 Å². The average molecular weight is 487 g/mol. The van der Waals surface area contributed by atoms with E-state index in [1.165, 1.54) is 33.4 Å². The molecule has 0 N–H and O–H groups in total. The van der Waals surface area contributed by atoms with Crippen molar-refractivity contribution in [3.8, 4) is 0 Å². The van der Waals surface area contributed by atoms with Crippen molar-refractivity contribution in [3.05, 3.63) is 129 Å². The van der Waals surface area contributed by atoms with E-state index in [9.17, 15) is 0 Å². The summed E-state index contributed by atoms with van der Waals surface area (Å²) >= 11 is 0. The number of hydrogen-bond acceptors (Lipinski definition) is 2. The van der Waals surface area contributed by atoms with Gasteiger partial charge in [-0.15, -0.1) is 0 Å². The van der Waals surface area contributed by atoms with Crippen LogP contribution in [0.1, 0.15) is 72.2 Å². The van der Waals surface area contributed by atoms with Crippen molar-refractivity contribution < 1.29 is 0 Å². The Labute approximate surface area is 222 Å². The molecule has 0 aliphatic rings. The molecule has 4 aromatic rings. The Bertz CT molecular complexity index is 1210. The SMILES string of the molecule is CCc1cc(Cc2cc(CC)c(N=Cc3ccccc3)c(CC)c2)cc(CC)c1N=Cc1ccccc1. The average Bonchev–Trinajstić information content (AvgIpc) is 2.95. The molecule has 0 bridgehead atoms. The maximum Gasteiger partial charge on any atom is 0.0693 e. The Morgan fingerprint density at radius 3 is 1.11 bits per heavy atom. The molecule has 0 saturated carbocycles. The molecule has 0 saturated heterocycles. The number of aliphatic imine (C=N–C) groups is 2. The third kappa shape index (κ3) is 6.71. The zero-order valence-electron chi connectivity index (χ0n) is 22.7. The predicted molar refractivity (Wildman–Crippen MR) is 161 cm³/mol. The van der Waals surface area contributed by atoms with Crippen LogP contribution in [0, 0.1) is 0 Å². The summed E-state index contributed by atoms with van der Waals surface area (Å²) in [6.45, 7) is 8.90. The van der Waals surface area contributed by atoms with Crippen LogP contribution in [0.15, 0.2) is 94.9 Å². The first-order chi connectivity index (χ1) is 18.1. The number of aryl methyl sites for hydroxylation is 4. The zero-order valence-corrected chi connectivity index (χ0v) is 22.7. The molecular formula is C35H38N2. The second-order valence-electron chi connectivity index (χ2n) is 9.45. The topological polar surface area (TPSA) is 24.7 Å². The van der Waals surface area contributed by atoms with Gasteiger partial charge in [-0.05, 0) is 76.6 Å². The molecule has 188 valence electrons. The number of benzene rings is 4. The Morgan fingerprint density at radius 1 is 0.486 bits per heavy atom. The van der Waals surface area contributed by atoms with E-state index in [4.69, 9.17) is 9.98 Å². The smallest absolute Gasteiger partial charge is 0.0693 e. The second-order valence-corrected chi connectivity index (χ2v) is 9.45. The van der Waals surface area contributed by atoms with E-state index in [2.05, 4.69) is 100 Å². The summed E-state index contributed by atoms with van der Waals surface area (Å²) in [6.07, 6.45) is 8.77. The summed E-state index contributed by atoms with van der Waals surface area (Å²) in [5.41, 5.74) is 12.5. The fourth-order valence-corrected chi connectivity index (χ4v) is 4.87. The lowest BCUT2D eigenvalue weighted by molar-refractivity contribution is 1.03. The van der Waals surface area contributed by atoms with E-state index in [0.717, 1.165) is 54.6 Å². The lowest BCUT2D eigenvalue weighted by Gasteiger charge is -2.15. The van der Waals surface area contributed by atoms with Crippen molar-refractivity contribution >= 4 is 23.8 Å². The molecule has 0 heterocycles. The molecule has 0 radical (unpaired) electrons. The van der Waals surface area contributed by atoms with Gasteiger partial charge in [0.1, 0.15) is 0 Å². The van der Waals surface area contributed by atoms with Gasteiger partial charge in [-0.1, -0.05) is 113 Å². The summed E-state index contributed by atoms with van der Waals surface area (Å²) in [4.78, 5) is 9.87. The molecule has 0 aromatic heterocycles. The van der Waals surface area contributed by atoms with Crippen molar-refractivity contribution in [2.24, 2.45) is 9.98 Å². The van der Waals surface area contributed by atoms with Crippen LogP contribution in [0.5, 0.6) is 0 Å². The predicted octanol–water partition coefficient (Wildman–Crippen LogP) is 9.03. The van der Waals surface area contributed by atoms with Crippen LogP contribution in [0.2, 0.25) is 0 Å². The number of nitrogens with zero attached hydrogens (tertiary/aromatic N) is 2. The van der Waals surface area contributed by atoms with Crippen LogP contribution in [0.25, 0.3) is 0 Å². The van der Waals surface area contributed by atoms with Gasteiger partial charge in [0.2, 0.25) is 0 Å². The molecule has 2 heteroatoms. The van der Waals surface area contributed by atoms with Gasteiger partial charge in [0, 0.05) is 12.4 Å². The molecule has 4 rings (SSSR count). The number of hydrogen-bond donors (Lipinski definition) is 0. The summed E-state index contributed by atoms with van der Waals surface area (Å²) in [6, 6.07) is 30.1. The van der Waals surface area contributed by atoms with E-state index in [-0.39, 0.29) is 0 Å². The first-order valence-electron chi connectivity index (χ1n) is 13.6. The molecule has 0 fully saturated rings. The van der Waals surface area contributed by atoms with Crippen LogP contribution >= 0.6 is 0 Å². The fourth-order valence-electron chi connectivity index (χ4n) is 4.87. The quantitative estimate of drug-likeness (QED) is 0.200. The molecule has 0 unspecified atom stereocenters. The van der Waals surface area contributed by atoms with Crippen molar-refractivity contribution in [3.63, 3.8) is 0 Å². The van der Waals surface area contributed by atoms with E-state index < -0.39 is 0 Å². The van der Waals surface area contributed by atoms with Gasteiger partial charge in [-0.2, -0.15) is 0 Å². The van der Waals surface area contributed by atoms with E-state index in [1.54, 1.807) is 0 Å². The van der Waals surface area contributed by atoms with Gasteiger partial charge in [-0.3, -0.25) is 9.98 Å². The van der Waals surface area contributed by atoms with Crippen molar-refractivity contribution in [1.82, 2.24) is 0 Å². The van der Waals surface area contributed by atoms with Gasteiger partial charge in [-0.25, -0.2) is 0 Å². The minimum atomic E-state index is 0.922. The summed E-state index contributed by atoms with van der Waals surface area (Å²) < 4.78 is 0. The van der Waals surface area contributed by atoms with Gasteiger partial charge >= 0.3 is 0 Å². The Hall–Kier alpha value is -3.78. The molecule has 0 spiro atoms. The third-order valence-electron chi connectivity index (χ3n) is 6.87. The largest absolute Gasteiger partial charge is 0.256 e. The van der Waals surface area contributed by atoms with Gasteiger partial charge < -0.3 is 0 Å². The molecule has 0 amide bonds. The highest BCUT2D eigenvalue weighted by Gasteiger charge is 2.12. The minimum Gasteiger partial charge on any atom is -0.256 e. The van der Waals surface area contributed by atoms with E-state index in [1.807, 2.05) is 24.6 Å². The van der Waals surface area contributed by atoms with Gasteiger partial charge in [0.05, 0.1) is 11.4 Å². The van der Waals surface area contributed by atoms with Crippen molar-refractivity contribution in [2.45, 2.75) is 59.8 Å². The second kappa shape index (κ2) is 13.0. The maximum absolute atomic E-state index is 4.94. The lowest BCUT2D eigenvalue weighted by atomic mass is 9.92. The lowest BCUT2D eigenvalue weighted by Crippen LogP contribution is -1.99. The highest BCUT2D eigenvalue weighted by Crippen LogP contribution is 2.32. The van der Waals surface area contributed by atoms with E-state index in [0.29, 0.717) is 0 Å². The normalized spacial score (nSPS) is 11.6. The first-order valence-corrected chi connectivity index (χ1v) is 13.6. The Balaban J connectivity index is 1.65. The Morgan fingerprint density at radius 2 is 0.811 bits per heavy atom. The summed E-state index contributed by atoms with van der Waals surface area (Å²) in [7, 11) is 0. The number of rotatable bonds is 10. The van der Waals surface area contributed by atoms with E-state index >= 15 is 0 Å². The van der Waals surface area contributed by atoms with Crippen molar-refractivity contribution in [1.29, 1.82) is 0 Å². The minimum absolute atomic E-state index is 0.922. The fraction of sp³-hybridized carbons (Fsp3) is 0.257. The third-order valence-corrected chi connectivity index (χ3v) is 6.87. The monoisotopic (exact) mass is 486 g/mol. The molecule has 0 aliphatic heterocycles. The molecule has 0 aliphatic carbocycles. The van der Waals surface area contributed by atoms with Crippen LogP contribution in [-0.2, 0) is 32.1 Å². The van der Waals surface area contributed by atoms with Gasteiger partial charge in [0.15, 0.2) is 0 Å². The Kier molecular flexibility index (Phi) is 9.21. The molecule has 4 aromatic carbocycles. The zero-order chi connectivity index (χ0) is 26.0. The maximum atomic E-state index is 4.94. The first kappa shape index (κ1) is 26.3. The highest BCUT2D eigenvalue weighted by molar-refractivity contribution is 5.83. The molecule has 0 atom stereocenters. The van der Waals surface area contributed by atoms with Gasteiger partial charge in [0.25, 0.3) is 0 Å². The van der Waals surface area contributed by atoms with Crippen LogP contribution in [0.3, 0.4) is 0 Å². The van der Waals surface area contributed by atoms with Crippen LogP contribution < -0.4 is 0 Å². The molecule has 2 nitrogen and oxygen atoms in total. The van der Waals surface area contributed by atoms with Crippen LogP contribution in [0.4, 0.5) is 11.4 Å². The highest BCUT2D eigenvalue weighted by atomic mass is 14.7. The standard InChI is InChI=1S/C35H38N2/c1-5-30-20-28(21-31(6-2)34(30)36-24-26-15-11-9-12-16-26)19-29-22-32(7-3)35(33(8-4)23-29)37-25-27-17-13-10-14-18-27/h9-18,20-25H,5-8,19H2,1-4H3. The summed E-state index contributed by atoms with van der Waals surface area (Å²) in [5, 5.41) is 0. The van der Waals surface area contributed by atoms with Crippen molar-refractivity contribution in [2.75, 3.05) is 0 Å².